The largest absolute Gasteiger partial charge is 0.484 e. The Morgan fingerprint density at radius 1 is 1.23 bits per heavy atom. The van der Waals surface area contributed by atoms with Crippen LogP contribution in [-0.2, 0) is 11.4 Å². The van der Waals surface area contributed by atoms with Gasteiger partial charge in [-0.25, -0.2) is 0 Å². The van der Waals surface area contributed by atoms with E-state index in [0.717, 1.165) is 16.7 Å². The van der Waals surface area contributed by atoms with Gasteiger partial charge >= 0.3 is 0 Å². The molecule has 0 aliphatic rings. The monoisotopic (exact) mass is 319 g/mol. The fourth-order valence-corrected chi connectivity index (χ4v) is 2.19. The minimum Gasteiger partial charge on any atom is -0.484 e. The molecule has 0 bridgehead atoms. The summed E-state index contributed by atoms with van der Waals surface area (Å²) in [4.78, 5) is 11.9. The van der Waals surface area contributed by atoms with E-state index < -0.39 is 0 Å². The van der Waals surface area contributed by atoms with Crippen molar-refractivity contribution in [2.45, 2.75) is 20.5 Å². The van der Waals surface area contributed by atoms with Gasteiger partial charge in [-0.3, -0.25) is 4.79 Å². The van der Waals surface area contributed by atoms with E-state index in [1.54, 1.807) is 36.4 Å². The van der Waals surface area contributed by atoms with Crippen LogP contribution in [0, 0.1) is 13.8 Å². The summed E-state index contributed by atoms with van der Waals surface area (Å²) in [7, 11) is 0. The molecule has 2 rings (SSSR count). The van der Waals surface area contributed by atoms with Gasteiger partial charge in [-0.2, -0.15) is 0 Å². The summed E-state index contributed by atoms with van der Waals surface area (Å²) in [5.74, 6) is 0.346. The number of aliphatic hydroxyl groups is 1. The molecule has 0 spiro atoms. The number of ether oxygens (including phenoxy) is 1. The summed E-state index contributed by atoms with van der Waals surface area (Å²) < 4.78 is 5.49. The molecule has 0 unspecified atom stereocenters. The zero-order valence-electron chi connectivity index (χ0n) is 12.5. The molecule has 2 N–H and O–H groups in total. The first-order valence-corrected chi connectivity index (χ1v) is 7.26. The minimum absolute atomic E-state index is 0.0659. The fraction of sp³-hybridized carbons (Fsp3) is 0.235. The Morgan fingerprint density at radius 2 is 1.91 bits per heavy atom. The molecule has 0 saturated carbocycles. The van der Waals surface area contributed by atoms with Crippen LogP contribution in [0.25, 0.3) is 0 Å². The summed E-state index contributed by atoms with van der Waals surface area (Å²) in [6, 6.07) is 10.6. The number of rotatable bonds is 5. The third-order valence-electron chi connectivity index (χ3n) is 3.17. The maximum atomic E-state index is 11.9. The second-order valence-electron chi connectivity index (χ2n) is 5.07. The molecule has 0 heterocycles. The Bertz CT molecular complexity index is 662. The van der Waals surface area contributed by atoms with Crippen molar-refractivity contribution in [2.24, 2.45) is 0 Å². The van der Waals surface area contributed by atoms with Crippen LogP contribution in [0.1, 0.15) is 16.7 Å². The molecule has 0 aromatic heterocycles. The van der Waals surface area contributed by atoms with E-state index in [-0.39, 0.29) is 19.1 Å². The highest BCUT2D eigenvalue weighted by Crippen LogP contribution is 2.25. The first kappa shape index (κ1) is 16.3. The Hall–Kier alpha value is -2.04. The molecule has 0 saturated heterocycles. The molecule has 0 radical (unpaired) electrons. The van der Waals surface area contributed by atoms with Crippen LogP contribution in [0.15, 0.2) is 36.4 Å². The highest BCUT2D eigenvalue weighted by Gasteiger charge is 2.07. The lowest BCUT2D eigenvalue weighted by Crippen LogP contribution is -2.20. The average molecular weight is 320 g/mol. The van der Waals surface area contributed by atoms with Crippen molar-refractivity contribution in [3.63, 3.8) is 0 Å². The molecule has 2 aromatic carbocycles. The smallest absolute Gasteiger partial charge is 0.262 e. The van der Waals surface area contributed by atoms with Crippen molar-refractivity contribution < 1.29 is 14.6 Å². The van der Waals surface area contributed by atoms with Crippen LogP contribution in [-0.4, -0.2) is 17.6 Å². The highest BCUT2D eigenvalue weighted by atomic mass is 35.5. The Balaban J connectivity index is 1.95. The van der Waals surface area contributed by atoms with Crippen LogP contribution in [0.2, 0.25) is 5.02 Å². The van der Waals surface area contributed by atoms with Gasteiger partial charge in [0.2, 0.25) is 0 Å². The summed E-state index contributed by atoms with van der Waals surface area (Å²) in [6.07, 6.45) is 0. The summed E-state index contributed by atoms with van der Waals surface area (Å²) in [6.45, 7) is 3.62. The lowest BCUT2D eigenvalue weighted by molar-refractivity contribution is -0.118. The van der Waals surface area contributed by atoms with Gasteiger partial charge < -0.3 is 15.2 Å². The van der Waals surface area contributed by atoms with E-state index >= 15 is 0 Å². The number of benzene rings is 2. The van der Waals surface area contributed by atoms with Gasteiger partial charge in [0.25, 0.3) is 5.91 Å². The molecule has 0 aliphatic heterocycles. The van der Waals surface area contributed by atoms with Gasteiger partial charge in [0.1, 0.15) is 5.75 Å². The molecule has 0 atom stereocenters. The number of aryl methyl sites for hydroxylation is 2. The topological polar surface area (TPSA) is 58.6 Å². The van der Waals surface area contributed by atoms with Crippen molar-refractivity contribution in [3.8, 4) is 5.75 Å². The van der Waals surface area contributed by atoms with Crippen LogP contribution in [0.4, 0.5) is 5.69 Å². The van der Waals surface area contributed by atoms with Crippen molar-refractivity contribution in [3.05, 3.63) is 58.1 Å². The first-order valence-electron chi connectivity index (χ1n) is 6.89. The summed E-state index contributed by atoms with van der Waals surface area (Å²) in [5.41, 5.74) is 3.19. The number of carbonyl (C=O) groups is 1. The van der Waals surface area contributed by atoms with E-state index in [2.05, 4.69) is 5.32 Å². The maximum absolute atomic E-state index is 11.9. The second-order valence-corrected chi connectivity index (χ2v) is 5.44. The number of carbonyl (C=O) groups excluding carboxylic acids is 1. The maximum Gasteiger partial charge on any atom is 0.262 e. The SMILES string of the molecule is Cc1cc(OCC(=O)Nc2cccc(CO)c2)cc(C)c1Cl. The molecular weight excluding hydrogens is 302 g/mol. The zero-order chi connectivity index (χ0) is 16.1. The number of anilines is 1. The average Bonchev–Trinajstić information content (AvgIpc) is 2.50. The number of nitrogens with one attached hydrogen (secondary N) is 1. The third kappa shape index (κ3) is 4.23. The van der Waals surface area contributed by atoms with Gasteiger partial charge in [-0.05, 0) is 54.8 Å². The number of aliphatic hydroxyl groups excluding tert-OH is 1. The van der Waals surface area contributed by atoms with Crippen molar-refractivity contribution in [1.82, 2.24) is 0 Å². The number of halogens is 1. The number of hydrogen-bond donors (Lipinski definition) is 2. The Labute approximate surface area is 134 Å². The normalized spacial score (nSPS) is 10.4. The molecule has 116 valence electrons. The van der Waals surface area contributed by atoms with Crippen LogP contribution in [0.5, 0.6) is 5.75 Å². The molecule has 4 nitrogen and oxygen atoms in total. The molecule has 0 fully saturated rings. The van der Waals surface area contributed by atoms with Crippen LogP contribution >= 0.6 is 11.6 Å². The van der Waals surface area contributed by atoms with Crippen LogP contribution in [0.3, 0.4) is 0 Å². The minimum atomic E-state index is -0.264. The van der Waals surface area contributed by atoms with Gasteiger partial charge in [-0.15, -0.1) is 0 Å². The van der Waals surface area contributed by atoms with Crippen LogP contribution < -0.4 is 10.1 Å². The number of amides is 1. The van der Waals surface area contributed by atoms with Gasteiger partial charge in [0.05, 0.1) is 6.61 Å². The summed E-state index contributed by atoms with van der Waals surface area (Å²) in [5, 5.41) is 12.5. The standard InChI is InChI=1S/C17H18ClNO3/c1-11-6-15(7-12(2)17(11)18)22-10-16(21)19-14-5-3-4-13(8-14)9-20/h3-8,20H,9-10H2,1-2H3,(H,19,21). The predicted molar refractivity (Wildman–Crippen MR) is 87.4 cm³/mol. The first-order chi connectivity index (χ1) is 10.5. The molecule has 22 heavy (non-hydrogen) atoms. The van der Waals surface area contributed by atoms with Crippen molar-refractivity contribution in [2.75, 3.05) is 11.9 Å². The quantitative estimate of drug-likeness (QED) is 0.887. The fourth-order valence-electron chi connectivity index (χ4n) is 2.08. The predicted octanol–water partition coefficient (Wildman–Crippen LogP) is 3.47. The zero-order valence-corrected chi connectivity index (χ0v) is 13.3. The molecule has 2 aromatic rings. The van der Waals surface area contributed by atoms with E-state index in [9.17, 15) is 4.79 Å². The highest BCUT2D eigenvalue weighted by molar-refractivity contribution is 6.32. The van der Waals surface area contributed by atoms with E-state index in [1.165, 1.54) is 0 Å². The van der Waals surface area contributed by atoms with E-state index in [4.69, 9.17) is 21.4 Å². The molecule has 0 aliphatic carbocycles. The van der Waals surface area contributed by atoms with Gasteiger partial charge in [0, 0.05) is 10.7 Å². The van der Waals surface area contributed by atoms with E-state index in [1.807, 2.05) is 13.8 Å². The van der Waals surface area contributed by atoms with Crippen molar-refractivity contribution in [1.29, 1.82) is 0 Å². The third-order valence-corrected chi connectivity index (χ3v) is 3.77. The number of hydrogen-bond acceptors (Lipinski definition) is 3. The summed E-state index contributed by atoms with van der Waals surface area (Å²) >= 11 is 6.09. The lowest BCUT2D eigenvalue weighted by Gasteiger charge is -2.10. The Kier molecular flexibility index (Phi) is 5.41. The Morgan fingerprint density at radius 3 is 2.55 bits per heavy atom. The molecular formula is C17H18ClNO3. The molecule has 5 heteroatoms. The van der Waals surface area contributed by atoms with E-state index in [0.29, 0.717) is 16.5 Å². The lowest BCUT2D eigenvalue weighted by atomic mass is 10.1. The second kappa shape index (κ2) is 7.29. The molecule has 1 amide bonds. The van der Waals surface area contributed by atoms with Gasteiger partial charge in [-0.1, -0.05) is 23.7 Å². The van der Waals surface area contributed by atoms with Crippen molar-refractivity contribution >= 4 is 23.2 Å². The van der Waals surface area contributed by atoms with Gasteiger partial charge in [0.15, 0.2) is 6.61 Å².